The Morgan fingerprint density at radius 3 is 2.29 bits per heavy atom. The molecule has 3 nitrogen and oxygen atoms in total. The van der Waals surface area contributed by atoms with Crippen LogP contribution in [-0.2, 0) is 4.79 Å². The van der Waals surface area contributed by atoms with E-state index in [1.165, 1.54) is 0 Å². The minimum Gasteiger partial charge on any atom is -0.314 e. The fourth-order valence-electron chi connectivity index (χ4n) is 1.02. The van der Waals surface area contributed by atoms with E-state index in [1.807, 2.05) is 13.8 Å². The zero-order chi connectivity index (χ0) is 11.0. The number of carbonyl (C=O) groups is 1. The van der Waals surface area contributed by atoms with Gasteiger partial charge in [-0.3, -0.25) is 4.79 Å². The van der Waals surface area contributed by atoms with Crippen molar-refractivity contribution in [2.75, 3.05) is 19.6 Å². The SMILES string of the molecule is CC(C)NCCCNCC(=O)C(C)C. The van der Waals surface area contributed by atoms with Crippen molar-refractivity contribution < 1.29 is 4.79 Å². The average molecular weight is 200 g/mol. The normalized spacial score (nSPS) is 11.3. The van der Waals surface area contributed by atoms with Crippen LogP contribution in [0.15, 0.2) is 0 Å². The summed E-state index contributed by atoms with van der Waals surface area (Å²) in [6.45, 7) is 10.6. The molecule has 0 spiro atoms. The third-order valence-corrected chi connectivity index (χ3v) is 2.03. The van der Waals surface area contributed by atoms with Gasteiger partial charge in [0, 0.05) is 12.0 Å². The van der Waals surface area contributed by atoms with E-state index in [-0.39, 0.29) is 5.92 Å². The molecule has 0 heterocycles. The lowest BCUT2D eigenvalue weighted by Crippen LogP contribution is -2.30. The van der Waals surface area contributed by atoms with Crippen LogP contribution >= 0.6 is 0 Å². The molecule has 0 atom stereocenters. The zero-order valence-electron chi connectivity index (χ0n) is 9.89. The third-order valence-electron chi connectivity index (χ3n) is 2.03. The first-order chi connectivity index (χ1) is 6.54. The highest BCUT2D eigenvalue weighted by Gasteiger charge is 2.05. The van der Waals surface area contributed by atoms with Gasteiger partial charge >= 0.3 is 0 Å². The Kier molecular flexibility index (Phi) is 7.71. The minimum atomic E-state index is 0.149. The van der Waals surface area contributed by atoms with Crippen molar-refractivity contribution >= 4 is 5.78 Å². The molecule has 0 aliphatic carbocycles. The van der Waals surface area contributed by atoms with Crippen molar-refractivity contribution in [3.63, 3.8) is 0 Å². The van der Waals surface area contributed by atoms with E-state index >= 15 is 0 Å². The molecule has 0 amide bonds. The molecule has 84 valence electrons. The minimum absolute atomic E-state index is 0.149. The Hall–Kier alpha value is -0.410. The lowest BCUT2D eigenvalue weighted by Gasteiger charge is -2.09. The second-order valence-electron chi connectivity index (χ2n) is 4.26. The Balaban J connectivity index is 3.18. The van der Waals surface area contributed by atoms with E-state index in [0.717, 1.165) is 19.5 Å². The number of ketones is 1. The molecule has 0 rings (SSSR count). The van der Waals surface area contributed by atoms with E-state index in [0.29, 0.717) is 18.4 Å². The van der Waals surface area contributed by atoms with Crippen molar-refractivity contribution in [3.05, 3.63) is 0 Å². The number of Topliss-reactive ketones (excluding diaryl/α,β-unsaturated/α-hetero) is 1. The Labute approximate surface area is 87.6 Å². The number of nitrogens with one attached hydrogen (secondary N) is 2. The van der Waals surface area contributed by atoms with Crippen LogP contribution in [0.25, 0.3) is 0 Å². The van der Waals surface area contributed by atoms with Gasteiger partial charge in [-0.05, 0) is 19.5 Å². The van der Waals surface area contributed by atoms with Crippen molar-refractivity contribution in [1.82, 2.24) is 10.6 Å². The standard InChI is InChI=1S/C11H24N2O/c1-9(2)11(14)8-12-6-5-7-13-10(3)4/h9-10,12-13H,5-8H2,1-4H3. The van der Waals surface area contributed by atoms with Gasteiger partial charge in [0.2, 0.25) is 0 Å². The van der Waals surface area contributed by atoms with Crippen LogP contribution in [0.1, 0.15) is 34.1 Å². The molecule has 2 N–H and O–H groups in total. The maximum absolute atomic E-state index is 11.2. The molecule has 0 aromatic heterocycles. The number of rotatable bonds is 8. The number of hydrogen-bond donors (Lipinski definition) is 2. The van der Waals surface area contributed by atoms with Crippen LogP contribution in [-0.4, -0.2) is 31.5 Å². The van der Waals surface area contributed by atoms with E-state index < -0.39 is 0 Å². The number of carbonyl (C=O) groups excluding carboxylic acids is 1. The average Bonchev–Trinajstić information content (AvgIpc) is 2.09. The van der Waals surface area contributed by atoms with Gasteiger partial charge in [0.15, 0.2) is 0 Å². The molecule has 0 aromatic carbocycles. The van der Waals surface area contributed by atoms with E-state index in [4.69, 9.17) is 0 Å². The topological polar surface area (TPSA) is 41.1 Å². The lowest BCUT2D eigenvalue weighted by molar-refractivity contribution is -0.121. The quantitative estimate of drug-likeness (QED) is 0.578. The summed E-state index contributed by atoms with van der Waals surface area (Å²) in [7, 11) is 0. The van der Waals surface area contributed by atoms with E-state index in [1.54, 1.807) is 0 Å². The smallest absolute Gasteiger partial charge is 0.149 e. The van der Waals surface area contributed by atoms with Gasteiger partial charge in [-0.2, -0.15) is 0 Å². The highest BCUT2D eigenvalue weighted by molar-refractivity contribution is 5.82. The summed E-state index contributed by atoms with van der Waals surface area (Å²) in [5.74, 6) is 0.443. The fourth-order valence-corrected chi connectivity index (χ4v) is 1.02. The van der Waals surface area contributed by atoms with Crippen molar-refractivity contribution in [2.24, 2.45) is 5.92 Å². The summed E-state index contributed by atoms with van der Waals surface area (Å²) in [6, 6.07) is 0.548. The molecule has 0 saturated carbocycles. The van der Waals surface area contributed by atoms with Crippen LogP contribution in [0.4, 0.5) is 0 Å². The summed E-state index contributed by atoms with van der Waals surface area (Å²) in [5, 5.41) is 6.48. The molecule has 0 unspecified atom stereocenters. The predicted molar refractivity (Wildman–Crippen MR) is 60.5 cm³/mol. The van der Waals surface area contributed by atoms with Gasteiger partial charge in [0.1, 0.15) is 5.78 Å². The monoisotopic (exact) mass is 200 g/mol. The summed E-state index contributed by atoms with van der Waals surface area (Å²) in [4.78, 5) is 11.2. The Morgan fingerprint density at radius 2 is 1.79 bits per heavy atom. The molecule has 0 aliphatic heterocycles. The second kappa shape index (κ2) is 7.94. The first-order valence-electron chi connectivity index (χ1n) is 5.51. The Bertz CT molecular complexity index is 155. The van der Waals surface area contributed by atoms with Gasteiger partial charge in [-0.25, -0.2) is 0 Å². The van der Waals surface area contributed by atoms with Crippen LogP contribution in [0, 0.1) is 5.92 Å². The molecule has 14 heavy (non-hydrogen) atoms. The zero-order valence-corrected chi connectivity index (χ0v) is 9.89. The molecule has 0 bridgehead atoms. The van der Waals surface area contributed by atoms with Gasteiger partial charge in [-0.1, -0.05) is 27.7 Å². The summed E-state index contributed by atoms with van der Waals surface area (Å²) >= 11 is 0. The second-order valence-corrected chi connectivity index (χ2v) is 4.26. The lowest BCUT2D eigenvalue weighted by atomic mass is 10.1. The summed E-state index contributed by atoms with van der Waals surface area (Å²) in [6.07, 6.45) is 1.07. The first-order valence-corrected chi connectivity index (χ1v) is 5.51. The van der Waals surface area contributed by atoms with Gasteiger partial charge in [-0.15, -0.1) is 0 Å². The molecule has 0 fully saturated rings. The maximum Gasteiger partial charge on any atom is 0.149 e. The predicted octanol–water partition coefficient (Wildman–Crippen LogP) is 1.19. The van der Waals surface area contributed by atoms with E-state index in [2.05, 4.69) is 24.5 Å². The van der Waals surface area contributed by atoms with Crippen molar-refractivity contribution in [1.29, 1.82) is 0 Å². The number of hydrogen-bond acceptors (Lipinski definition) is 3. The fraction of sp³-hybridized carbons (Fsp3) is 0.909. The van der Waals surface area contributed by atoms with Gasteiger partial charge < -0.3 is 10.6 Å². The van der Waals surface area contributed by atoms with Crippen LogP contribution in [0.2, 0.25) is 0 Å². The van der Waals surface area contributed by atoms with Crippen LogP contribution in [0.3, 0.4) is 0 Å². The highest BCUT2D eigenvalue weighted by atomic mass is 16.1. The largest absolute Gasteiger partial charge is 0.314 e. The van der Waals surface area contributed by atoms with Crippen LogP contribution in [0.5, 0.6) is 0 Å². The van der Waals surface area contributed by atoms with Gasteiger partial charge in [0.25, 0.3) is 0 Å². The summed E-state index contributed by atoms with van der Waals surface area (Å²) < 4.78 is 0. The molecular formula is C11H24N2O. The maximum atomic E-state index is 11.2. The third kappa shape index (κ3) is 8.20. The van der Waals surface area contributed by atoms with Crippen molar-refractivity contribution in [2.45, 2.75) is 40.2 Å². The molecule has 0 saturated heterocycles. The van der Waals surface area contributed by atoms with Crippen LogP contribution < -0.4 is 10.6 Å². The summed E-state index contributed by atoms with van der Waals surface area (Å²) in [5.41, 5.74) is 0. The molecule has 0 radical (unpaired) electrons. The van der Waals surface area contributed by atoms with E-state index in [9.17, 15) is 4.79 Å². The van der Waals surface area contributed by atoms with Crippen molar-refractivity contribution in [3.8, 4) is 0 Å². The molecule has 3 heteroatoms. The highest BCUT2D eigenvalue weighted by Crippen LogP contribution is 1.91. The van der Waals surface area contributed by atoms with Gasteiger partial charge in [0.05, 0.1) is 6.54 Å². The molecular weight excluding hydrogens is 176 g/mol. The molecule has 0 aliphatic rings. The Morgan fingerprint density at radius 1 is 1.14 bits per heavy atom. The first kappa shape index (κ1) is 13.6. The molecule has 0 aromatic rings.